The van der Waals surface area contributed by atoms with Gasteiger partial charge >= 0.3 is 0 Å². The zero-order valence-electron chi connectivity index (χ0n) is 28.4. The molecule has 0 N–H and O–H groups in total. The summed E-state index contributed by atoms with van der Waals surface area (Å²) in [5.41, 5.74) is 10.4. The van der Waals surface area contributed by atoms with Crippen LogP contribution in [0.2, 0.25) is 0 Å². The molecule has 0 amide bonds. The molecule has 12 rings (SSSR count). The molecule has 246 valence electrons. The molecule has 1 aliphatic heterocycles. The first-order valence-corrected chi connectivity index (χ1v) is 17.9. The number of fused-ring (bicyclic) bond motifs is 9. The Hall–Kier alpha value is -7.24. The van der Waals surface area contributed by atoms with Crippen molar-refractivity contribution >= 4 is 65.3 Å². The monoisotopic (exact) mass is 676 g/mol. The first-order chi connectivity index (χ1) is 26.3. The highest BCUT2D eigenvalue weighted by Gasteiger charge is 2.27. The van der Waals surface area contributed by atoms with Crippen LogP contribution in [0.1, 0.15) is 0 Å². The number of ether oxygens (including phenoxy) is 1. The van der Waals surface area contributed by atoms with Gasteiger partial charge in [-0.05, 0) is 65.5 Å². The average Bonchev–Trinajstić information content (AvgIpc) is 3.72. The van der Waals surface area contributed by atoms with Crippen molar-refractivity contribution < 1.29 is 4.74 Å². The Balaban J connectivity index is 1.24. The quantitative estimate of drug-likeness (QED) is 0.187. The van der Waals surface area contributed by atoms with Crippen molar-refractivity contribution in [2.45, 2.75) is 0 Å². The molecule has 0 bridgehead atoms. The molecule has 0 fully saturated rings. The van der Waals surface area contributed by atoms with E-state index in [-0.39, 0.29) is 0 Å². The number of benzene rings is 8. The summed E-state index contributed by atoms with van der Waals surface area (Å²) in [5.74, 6) is 2.18. The second kappa shape index (κ2) is 10.6. The molecule has 0 saturated carbocycles. The highest BCUT2D eigenvalue weighted by molar-refractivity contribution is 6.19. The molecule has 11 aromatic rings. The Morgan fingerprint density at radius 1 is 0.415 bits per heavy atom. The molecule has 3 aromatic heterocycles. The largest absolute Gasteiger partial charge is 0.456 e. The van der Waals surface area contributed by atoms with Gasteiger partial charge in [0.1, 0.15) is 11.5 Å². The zero-order chi connectivity index (χ0) is 34.6. The molecule has 0 saturated heterocycles. The Labute approximate surface area is 303 Å². The highest BCUT2D eigenvalue weighted by Crippen LogP contribution is 2.48. The van der Waals surface area contributed by atoms with Crippen LogP contribution < -0.4 is 4.74 Å². The third kappa shape index (κ3) is 3.96. The fraction of sp³-hybridized carbons (Fsp3) is 0. The number of para-hydroxylation sites is 3. The van der Waals surface area contributed by atoms with Crippen molar-refractivity contribution in [2.75, 3.05) is 0 Å². The smallest absolute Gasteiger partial charge is 0.235 e. The lowest BCUT2D eigenvalue weighted by Gasteiger charge is -2.22. The number of rotatable bonds is 3. The number of hydrogen-bond donors (Lipinski definition) is 0. The Morgan fingerprint density at radius 3 is 1.91 bits per heavy atom. The first-order valence-electron chi connectivity index (χ1n) is 17.9. The zero-order valence-corrected chi connectivity index (χ0v) is 28.4. The molecule has 0 spiro atoms. The molecule has 0 atom stereocenters. The summed E-state index contributed by atoms with van der Waals surface area (Å²) in [7, 11) is 0. The van der Waals surface area contributed by atoms with Crippen LogP contribution in [0, 0.1) is 0 Å². The van der Waals surface area contributed by atoms with E-state index in [1.807, 2.05) is 24.3 Å². The van der Waals surface area contributed by atoms with Gasteiger partial charge in [-0.3, -0.25) is 4.57 Å². The van der Waals surface area contributed by atoms with E-state index >= 15 is 0 Å². The van der Waals surface area contributed by atoms with Crippen LogP contribution in [-0.2, 0) is 0 Å². The topological polar surface area (TPSA) is 44.9 Å². The second-order valence-electron chi connectivity index (χ2n) is 13.8. The van der Waals surface area contributed by atoms with E-state index in [1.54, 1.807) is 0 Å². The maximum Gasteiger partial charge on any atom is 0.235 e. The Morgan fingerprint density at radius 2 is 1.08 bits per heavy atom. The van der Waals surface area contributed by atoms with Crippen LogP contribution in [0.5, 0.6) is 11.5 Å². The first kappa shape index (κ1) is 28.5. The van der Waals surface area contributed by atoms with Crippen molar-refractivity contribution in [3.63, 3.8) is 0 Å². The van der Waals surface area contributed by atoms with Gasteiger partial charge in [0.15, 0.2) is 0 Å². The summed E-state index contributed by atoms with van der Waals surface area (Å²) >= 11 is 0. The van der Waals surface area contributed by atoms with Crippen LogP contribution in [-0.4, -0.2) is 19.1 Å². The summed E-state index contributed by atoms with van der Waals surface area (Å²) in [5, 5.41) is 8.09. The highest BCUT2D eigenvalue weighted by atomic mass is 16.5. The molecule has 8 aromatic carbocycles. The van der Waals surface area contributed by atoms with Gasteiger partial charge in [0.05, 0.1) is 44.4 Å². The molecule has 1 aliphatic rings. The summed E-state index contributed by atoms with van der Waals surface area (Å²) in [6.07, 6.45) is 0. The summed E-state index contributed by atoms with van der Waals surface area (Å²) in [4.78, 5) is 10.9. The molecule has 0 unspecified atom stereocenters. The lowest BCUT2D eigenvalue weighted by atomic mass is 9.96. The molecule has 5 nitrogen and oxygen atoms in total. The maximum atomic E-state index is 6.48. The van der Waals surface area contributed by atoms with E-state index in [9.17, 15) is 0 Å². The van der Waals surface area contributed by atoms with Crippen molar-refractivity contribution in [1.82, 2.24) is 19.1 Å². The van der Waals surface area contributed by atoms with Gasteiger partial charge < -0.3 is 9.30 Å². The van der Waals surface area contributed by atoms with Crippen molar-refractivity contribution in [3.8, 4) is 45.5 Å². The summed E-state index contributed by atoms with van der Waals surface area (Å²) in [6.45, 7) is 0. The lowest BCUT2D eigenvalue weighted by Crippen LogP contribution is -2.07. The minimum atomic E-state index is 0.622. The van der Waals surface area contributed by atoms with Crippen LogP contribution in [0.25, 0.3) is 99.3 Å². The van der Waals surface area contributed by atoms with Gasteiger partial charge in [0.2, 0.25) is 5.95 Å². The summed E-state index contributed by atoms with van der Waals surface area (Å²) in [6, 6.07) is 60.1. The fourth-order valence-electron chi connectivity index (χ4n) is 8.61. The van der Waals surface area contributed by atoms with E-state index in [0.29, 0.717) is 5.95 Å². The van der Waals surface area contributed by atoms with Crippen LogP contribution in [0.3, 0.4) is 0 Å². The van der Waals surface area contributed by atoms with Gasteiger partial charge in [-0.1, -0.05) is 115 Å². The second-order valence-corrected chi connectivity index (χ2v) is 13.8. The van der Waals surface area contributed by atoms with E-state index in [4.69, 9.17) is 14.7 Å². The predicted octanol–water partition coefficient (Wildman–Crippen LogP) is 12.4. The average molecular weight is 677 g/mol. The van der Waals surface area contributed by atoms with Gasteiger partial charge in [-0.15, -0.1) is 0 Å². The van der Waals surface area contributed by atoms with Crippen molar-refractivity contribution in [1.29, 1.82) is 0 Å². The molecule has 0 aliphatic carbocycles. The minimum Gasteiger partial charge on any atom is -0.456 e. The lowest BCUT2D eigenvalue weighted by molar-refractivity contribution is 0.486. The van der Waals surface area contributed by atoms with E-state index in [2.05, 4.69) is 155 Å². The number of hydrogen-bond acceptors (Lipinski definition) is 3. The molecular formula is C48H28N4O. The Kier molecular flexibility index (Phi) is 5.71. The SMILES string of the molecule is c1ccc(-c2ccc3c4c(nc(-n5c6ccccc6c6cc7c8ccccc8n(-c8cccc9ccccc89)c7cc65)nc24)-c2ccccc2O3)cc1. The van der Waals surface area contributed by atoms with Crippen LogP contribution in [0.4, 0.5) is 0 Å². The third-order valence-corrected chi connectivity index (χ3v) is 10.9. The normalized spacial score (nSPS) is 12.3. The number of aromatic nitrogens is 4. The maximum absolute atomic E-state index is 6.48. The summed E-state index contributed by atoms with van der Waals surface area (Å²) < 4.78 is 11.2. The number of nitrogens with zero attached hydrogens (tertiary/aromatic N) is 4. The molecular weight excluding hydrogens is 649 g/mol. The standard InChI is InChI=1S/C48H28N4O/c1-2-13-30(14-3-1)32-25-26-44-45-46(32)49-48(50-47(45)35-20-8-11-24-43(35)53-44)52-40-22-10-7-19-34(40)37-27-36-33-18-6-9-21-39(33)51(41(36)28-42(37)52)38-23-12-16-29-15-4-5-17-31(29)38/h1-28H. The van der Waals surface area contributed by atoms with Crippen LogP contribution in [0.15, 0.2) is 170 Å². The molecule has 5 heteroatoms. The van der Waals surface area contributed by atoms with E-state index < -0.39 is 0 Å². The Bertz CT molecular complexity index is 3310. The van der Waals surface area contributed by atoms with Crippen molar-refractivity contribution in [3.05, 3.63) is 170 Å². The van der Waals surface area contributed by atoms with E-state index in [1.165, 1.54) is 27.1 Å². The van der Waals surface area contributed by atoms with Gasteiger partial charge in [-0.2, -0.15) is 0 Å². The predicted molar refractivity (Wildman–Crippen MR) is 217 cm³/mol. The minimum absolute atomic E-state index is 0.622. The molecule has 0 radical (unpaired) electrons. The third-order valence-electron chi connectivity index (χ3n) is 10.9. The van der Waals surface area contributed by atoms with Gasteiger partial charge in [0.25, 0.3) is 0 Å². The fourth-order valence-corrected chi connectivity index (χ4v) is 8.61. The van der Waals surface area contributed by atoms with Gasteiger partial charge in [0, 0.05) is 38.1 Å². The van der Waals surface area contributed by atoms with Crippen LogP contribution >= 0.6 is 0 Å². The van der Waals surface area contributed by atoms with Crippen molar-refractivity contribution in [2.24, 2.45) is 0 Å². The molecule has 4 heterocycles. The molecule has 53 heavy (non-hydrogen) atoms. The van der Waals surface area contributed by atoms with Gasteiger partial charge in [-0.25, -0.2) is 9.97 Å². The van der Waals surface area contributed by atoms with E-state index in [0.717, 1.165) is 77.8 Å².